The Labute approximate surface area is 133 Å². The molecule has 0 spiro atoms. The van der Waals surface area contributed by atoms with Crippen LogP contribution in [-0.2, 0) is 0 Å². The third kappa shape index (κ3) is 4.22. The van der Waals surface area contributed by atoms with Crippen molar-refractivity contribution in [2.24, 2.45) is 17.3 Å². The first-order valence-corrected chi connectivity index (χ1v) is 9.32. The molecule has 1 aliphatic heterocycles. The van der Waals surface area contributed by atoms with E-state index in [0.717, 1.165) is 23.9 Å². The van der Waals surface area contributed by atoms with Crippen LogP contribution in [0.2, 0.25) is 0 Å². The van der Waals surface area contributed by atoms with Crippen molar-refractivity contribution < 1.29 is 0 Å². The zero-order valence-corrected chi connectivity index (χ0v) is 15.3. The molecule has 1 N–H and O–H groups in total. The Morgan fingerprint density at radius 1 is 1.19 bits per heavy atom. The summed E-state index contributed by atoms with van der Waals surface area (Å²) in [6.07, 6.45) is 7.15. The van der Waals surface area contributed by atoms with E-state index in [9.17, 15) is 0 Å². The molecule has 1 aliphatic carbocycles. The van der Waals surface area contributed by atoms with Crippen molar-refractivity contribution in [2.45, 2.75) is 91.8 Å². The van der Waals surface area contributed by atoms with Gasteiger partial charge in [0.05, 0.1) is 0 Å². The summed E-state index contributed by atoms with van der Waals surface area (Å²) < 4.78 is 0. The van der Waals surface area contributed by atoms with Gasteiger partial charge in [0.1, 0.15) is 0 Å². The molecule has 4 unspecified atom stereocenters. The standard InChI is InChI=1S/C19H38N2/c1-7-15-9-8-10-16(11-15)21-13-18(19(4,5)6)20-12-17(21)14(2)3/h14-18,20H,7-13H2,1-6H3. The summed E-state index contributed by atoms with van der Waals surface area (Å²) in [5.41, 5.74) is 0.360. The molecule has 4 atom stereocenters. The van der Waals surface area contributed by atoms with Crippen LogP contribution in [0.1, 0.15) is 73.6 Å². The normalized spacial score (nSPS) is 36.1. The van der Waals surface area contributed by atoms with Crippen LogP contribution in [0.5, 0.6) is 0 Å². The second kappa shape index (κ2) is 7.00. The second-order valence-electron chi connectivity index (χ2n) is 8.93. The SMILES string of the molecule is CCC1CCCC(N2CC(C(C)(C)C)NCC2C(C)C)C1. The summed E-state index contributed by atoms with van der Waals surface area (Å²) in [5.74, 6) is 1.72. The van der Waals surface area contributed by atoms with Gasteiger partial charge in [-0.25, -0.2) is 0 Å². The molecule has 21 heavy (non-hydrogen) atoms. The predicted molar refractivity (Wildman–Crippen MR) is 92.6 cm³/mol. The van der Waals surface area contributed by atoms with Crippen molar-refractivity contribution in [3.63, 3.8) is 0 Å². The van der Waals surface area contributed by atoms with Crippen molar-refractivity contribution in [3.05, 3.63) is 0 Å². The molecule has 0 bridgehead atoms. The average molecular weight is 295 g/mol. The van der Waals surface area contributed by atoms with Crippen LogP contribution in [0.3, 0.4) is 0 Å². The highest BCUT2D eigenvalue weighted by atomic mass is 15.3. The molecule has 0 radical (unpaired) electrons. The zero-order valence-electron chi connectivity index (χ0n) is 15.3. The summed E-state index contributed by atoms with van der Waals surface area (Å²) in [6, 6.07) is 2.20. The van der Waals surface area contributed by atoms with Crippen LogP contribution in [0, 0.1) is 17.3 Å². The van der Waals surface area contributed by atoms with Gasteiger partial charge in [0.25, 0.3) is 0 Å². The lowest BCUT2D eigenvalue weighted by Crippen LogP contribution is -2.64. The first-order valence-electron chi connectivity index (χ1n) is 9.32. The van der Waals surface area contributed by atoms with E-state index in [1.165, 1.54) is 45.2 Å². The predicted octanol–water partition coefficient (Wildman–Crippen LogP) is 4.30. The largest absolute Gasteiger partial charge is 0.311 e. The van der Waals surface area contributed by atoms with E-state index in [2.05, 4.69) is 51.8 Å². The van der Waals surface area contributed by atoms with Crippen LogP contribution in [-0.4, -0.2) is 36.1 Å². The Morgan fingerprint density at radius 2 is 1.90 bits per heavy atom. The van der Waals surface area contributed by atoms with Gasteiger partial charge in [-0.1, -0.05) is 60.8 Å². The molecule has 2 nitrogen and oxygen atoms in total. The van der Waals surface area contributed by atoms with Gasteiger partial charge in [-0.15, -0.1) is 0 Å². The summed E-state index contributed by atoms with van der Waals surface area (Å²) in [6.45, 7) is 16.7. The number of rotatable bonds is 3. The maximum atomic E-state index is 3.84. The lowest BCUT2D eigenvalue weighted by Gasteiger charge is -2.51. The minimum Gasteiger partial charge on any atom is -0.311 e. The van der Waals surface area contributed by atoms with Crippen LogP contribution in [0.15, 0.2) is 0 Å². The number of hydrogen-bond acceptors (Lipinski definition) is 2. The van der Waals surface area contributed by atoms with Crippen molar-refractivity contribution in [2.75, 3.05) is 13.1 Å². The monoisotopic (exact) mass is 294 g/mol. The second-order valence-corrected chi connectivity index (χ2v) is 8.93. The molecule has 1 saturated carbocycles. The molecule has 0 aromatic rings. The van der Waals surface area contributed by atoms with E-state index in [-0.39, 0.29) is 0 Å². The van der Waals surface area contributed by atoms with E-state index in [1.807, 2.05) is 0 Å². The molecular weight excluding hydrogens is 256 g/mol. The molecule has 1 heterocycles. The highest BCUT2D eigenvalue weighted by Crippen LogP contribution is 2.34. The Hall–Kier alpha value is -0.0800. The average Bonchev–Trinajstić information content (AvgIpc) is 2.45. The van der Waals surface area contributed by atoms with Crippen molar-refractivity contribution in [1.29, 1.82) is 0 Å². The van der Waals surface area contributed by atoms with Crippen LogP contribution in [0.25, 0.3) is 0 Å². The van der Waals surface area contributed by atoms with Gasteiger partial charge in [-0.05, 0) is 30.1 Å². The van der Waals surface area contributed by atoms with Crippen molar-refractivity contribution >= 4 is 0 Å². The van der Waals surface area contributed by atoms with E-state index in [0.29, 0.717) is 11.5 Å². The fourth-order valence-electron chi connectivity index (χ4n) is 4.34. The summed E-state index contributed by atoms with van der Waals surface area (Å²) in [4.78, 5) is 2.90. The topological polar surface area (TPSA) is 15.3 Å². The zero-order chi connectivity index (χ0) is 15.6. The van der Waals surface area contributed by atoms with Gasteiger partial charge in [-0.2, -0.15) is 0 Å². The Morgan fingerprint density at radius 3 is 2.48 bits per heavy atom. The minimum absolute atomic E-state index is 0.360. The van der Waals surface area contributed by atoms with Gasteiger partial charge in [0, 0.05) is 31.2 Å². The fourth-order valence-corrected chi connectivity index (χ4v) is 4.34. The van der Waals surface area contributed by atoms with Gasteiger partial charge < -0.3 is 5.32 Å². The molecule has 2 fully saturated rings. The summed E-state index contributed by atoms with van der Waals surface area (Å²) >= 11 is 0. The molecule has 124 valence electrons. The van der Waals surface area contributed by atoms with Gasteiger partial charge >= 0.3 is 0 Å². The molecule has 2 rings (SSSR count). The highest BCUT2D eigenvalue weighted by Gasteiger charge is 2.39. The molecule has 2 aliphatic rings. The molecule has 0 amide bonds. The first kappa shape index (κ1) is 17.3. The summed E-state index contributed by atoms with van der Waals surface area (Å²) in [7, 11) is 0. The molecule has 0 aromatic carbocycles. The van der Waals surface area contributed by atoms with Gasteiger partial charge in [0.15, 0.2) is 0 Å². The fraction of sp³-hybridized carbons (Fsp3) is 1.00. The Bertz CT molecular complexity index is 318. The Kier molecular flexibility index (Phi) is 5.76. The minimum atomic E-state index is 0.360. The van der Waals surface area contributed by atoms with E-state index in [4.69, 9.17) is 0 Å². The number of nitrogens with one attached hydrogen (secondary N) is 1. The third-order valence-electron chi connectivity index (χ3n) is 6.01. The van der Waals surface area contributed by atoms with E-state index in [1.54, 1.807) is 0 Å². The summed E-state index contributed by atoms with van der Waals surface area (Å²) in [5, 5.41) is 3.84. The van der Waals surface area contributed by atoms with E-state index >= 15 is 0 Å². The maximum absolute atomic E-state index is 3.84. The Balaban J connectivity index is 2.10. The number of hydrogen-bond donors (Lipinski definition) is 1. The smallest absolute Gasteiger partial charge is 0.0247 e. The third-order valence-corrected chi connectivity index (χ3v) is 6.01. The maximum Gasteiger partial charge on any atom is 0.0247 e. The lowest BCUT2D eigenvalue weighted by molar-refractivity contribution is 0.00787. The van der Waals surface area contributed by atoms with E-state index < -0.39 is 0 Å². The number of nitrogens with zero attached hydrogens (tertiary/aromatic N) is 1. The molecular formula is C19H38N2. The van der Waals surface area contributed by atoms with Gasteiger partial charge in [0.2, 0.25) is 0 Å². The molecule has 2 heteroatoms. The van der Waals surface area contributed by atoms with Crippen LogP contribution >= 0.6 is 0 Å². The first-order chi connectivity index (χ1) is 9.82. The van der Waals surface area contributed by atoms with Gasteiger partial charge in [-0.3, -0.25) is 4.90 Å². The quantitative estimate of drug-likeness (QED) is 0.835. The molecule has 0 aromatic heterocycles. The number of piperazine rings is 1. The van der Waals surface area contributed by atoms with Crippen LogP contribution < -0.4 is 5.32 Å². The lowest BCUT2D eigenvalue weighted by atomic mass is 9.79. The van der Waals surface area contributed by atoms with Crippen molar-refractivity contribution in [3.8, 4) is 0 Å². The van der Waals surface area contributed by atoms with Crippen LogP contribution in [0.4, 0.5) is 0 Å². The highest BCUT2D eigenvalue weighted by molar-refractivity contribution is 4.96. The van der Waals surface area contributed by atoms with Crippen molar-refractivity contribution in [1.82, 2.24) is 10.2 Å². The molecule has 1 saturated heterocycles.